The largest absolute Gasteiger partial charge is 0.506 e. The first-order chi connectivity index (χ1) is 30.0. The van der Waals surface area contributed by atoms with Gasteiger partial charge < -0.3 is 68.3 Å². The van der Waals surface area contributed by atoms with Crippen LogP contribution in [0.4, 0.5) is 4.79 Å². The number of hydrogen-bond donors (Lipinski definition) is 6. The fourth-order valence-corrected chi connectivity index (χ4v) is 9.85. The first-order valence-electron chi connectivity index (χ1n) is 22.8. The Morgan fingerprint density at radius 1 is 0.892 bits per heavy atom. The number of carboxylic acid groups (broad SMARTS) is 1. The molecule has 376 valence electrons. The smallest absolute Gasteiger partial charge is 0.465 e. The van der Waals surface area contributed by atoms with Gasteiger partial charge in [-0.3, -0.25) is 19.2 Å². The fourth-order valence-electron chi connectivity index (χ4n) is 9.61. The van der Waals surface area contributed by atoms with Crippen molar-refractivity contribution in [3.63, 3.8) is 0 Å². The number of rotatable bonds is 14. The zero-order valence-corrected chi connectivity index (χ0v) is 41.2. The van der Waals surface area contributed by atoms with Gasteiger partial charge in [0.1, 0.15) is 24.1 Å². The Balaban J connectivity index is 2.13. The SMILES string of the molecule is CCC1OC(=O)C(C)C(OC2CC(C)(CC)C(O)C(C)O2)C(C)C(OC2OC(C)CC(N(C)C)C2OC(=O)CCOC(=O)CC(S)OC(=O)O)C(C)(O)CC(C)C(=O)C(C)C(O)C1(C)O. The Bertz CT molecular complexity index is 1610. The summed E-state index contributed by atoms with van der Waals surface area (Å²) in [7, 11) is 3.56. The van der Waals surface area contributed by atoms with Gasteiger partial charge >= 0.3 is 24.1 Å². The van der Waals surface area contributed by atoms with Crippen molar-refractivity contribution in [2.45, 2.75) is 205 Å². The molecule has 3 rings (SSSR count). The van der Waals surface area contributed by atoms with E-state index in [2.05, 4.69) is 17.4 Å². The average molecular weight is 952 g/mol. The highest BCUT2D eigenvalue weighted by Crippen LogP contribution is 2.43. The molecule has 19 nitrogen and oxygen atoms in total. The Morgan fingerprint density at radius 3 is 2.09 bits per heavy atom. The van der Waals surface area contributed by atoms with Crippen LogP contribution in [0, 0.1) is 29.1 Å². The maximum Gasteiger partial charge on any atom is 0.506 e. The van der Waals surface area contributed by atoms with E-state index in [4.69, 9.17) is 38.3 Å². The number of ether oxygens (including phenoxy) is 8. The average Bonchev–Trinajstić information content (AvgIpc) is 3.20. The Labute approximate surface area is 388 Å². The molecule has 3 aliphatic heterocycles. The maximum absolute atomic E-state index is 14.4. The van der Waals surface area contributed by atoms with Crippen LogP contribution in [-0.2, 0) is 57.1 Å². The summed E-state index contributed by atoms with van der Waals surface area (Å²) in [4.78, 5) is 66.8. The number of thiol groups is 1. The van der Waals surface area contributed by atoms with Gasteiger partial charge in [-0.2, -0.15) is 0 Å². The number of hydrogen-bond acceptors (Lipinski definition) is 19. The van der Waals surface area contributed by atoms with Crippen molar-refractivity contribution in [2.75, 3.05) is 20.7 Å². The number of ketones is 1. The minimum absolute atomic E-state index is 0.0845. The number of cyclic esters (lactones) is 1. The zero-order chi connectivity index (χ0) is 49.5. The van der Waals surface area contributed by atoms with E-state index in [1.165, 1.54) is 20.8 Å². The molecular weight excluding hydrogens is 875 g/mol. The molecule has 0 spiro atoms. The molecule has 65 heavy (non-hydrogen) atoms. The summed E-state index contributed by atoms with van der Waals surface area (Å²) in [5.41, 5.74) is -5.91. The van der Waals surface area contributed by atoms with Gasteiger partial charge in [0.25, 0.3) is 0 Å². The molecule has 3 aliphatic rings. The van der Waals surface area contributed by atoms with Crippen molar-refractivity contribution in [1.82, 2.24) is 4.90 Å². The molecule has 3 heterocycles. The summed E-state index contributed by atoms with van der Waals surface area (Å²) in [5, 5.41) is 55.8. The second-order valence-corrected chi connectivity index (χ2v) is 20.0. The predicted octanol–water partition coefficient (Wildman–Crippen LogP) is 3.62. The van der Waals surface area contributed by atoms with Gasteiger partial charge in [-0.1, -0.05) is 41.5 Å². The molecule has 0 aromatic rings. The summed E-state index contributed by atoms with van der Waals surface area (Å²) in [6.45, 7) is 17.8. The van der Waals surface area contributed by atoms with Crippen LogP contribution in [0.2, 0.25) is 0 Å². The molecular formula is C45H77NO18S. The summed E-state index contributed by atoms with van der Waals surface area (Å²) >= 11 is 3.89. The van der Waals surface area contributed by atoms with Crippen LogP contribution < -0.4 is 0 Å². The lowest BCUT2D eigenvalue weighted by molar-refractivity contribution is -0.314. The molecule has 20 heteroatoms. The molecule has 0 bridgehead atoms. The molecule has 0 radical (unpaired) electrons. The first-order valence-corrected chi connectivity index (χ1v) is 23.3. The third-order valence-corrected chi connectivity index (χ3v) is 14.0. The van der Waals surface area contributed by atoms with Crippen LogP contribution in [0.25, 0.3) is 0 Å². The van der Waals surface area contributed by atoms with E-state index in [-0.39, 0.29) is 19.3 Å². The highest BCUT2D eigenvalue weighted by Gasteiger charge is 2.54. The molecule has 19 unspecified atom stereocenters. The molecule has 0 aromatic carbocycles. The maximum atomic E-state index is 14.4. The summed E-state index contributed by atoms with van der Waals surface area (Å²) in [6, 6.07) is -0.509. The minimum Gasteiger partial charge on any atom is -0.465 e. The lowest BCUT2D eigenvalue weighted by Gasteiger charge is -2.49. The molecule has 0 aliphatic carbocycles. The summed E-state index contributed by atoms with van der Waals surface area (Å²) in [6.07, 6.45) is -12.4. The zero-order valence-electron chi connectivity index (χ0n) is 40.3. The highest BCUT2D eigenvalue weighted by molar-refractivity contribution is 7.80. The van der Waals surface area contributed by atoms with E-state index in [0.29, 0.717) is 12.8 Å². The number of esters is 3. The standard InChI is InChI=1S/C45H77NO18S/c1-14-29-45(11,56)37(50)24(5)34(49)22(3)20-44(10,55)39(25(6)35(26(7)40(52)60-29)62-32-21-43(9,15-2)38(51)27(8)59-32)64-41-36(28(46(12)13)18-23(4)58-41)61-30(47)16-17-57-31(48)19-33(65)63-42(53)54/h22-29,32-33,35-39,41,50-51,55-56,65H,14-21H2,1-13H3,(H,53,54). The van der Waals surface area contributed by atoms with E-state index in [9.17, 15) is 44.4 Å². The van der Waals surface area contributed by atoms with Gasteiger partial charge in [-0.05, 0) is 74.4 Å². The third kappa shape index (κ3) is 14.4. The van der Waals surface area contributed by atoms with E-state index >= 15 is 0 Å². The van der Waals surface area contributed by atoms with Gasteiger partial charge in [0.15, 0.2) is 24.1 Å². The monoisotopic (exact) mass is 951 g/mol. The van der Waals surface area contributed by atoms with Crippen molar-refractivity contribution in [1.29, 1.82) is 0 Å². The normalized spacial score (nSPS) is 41.7. The van der Waals surface area contributed by atoms with E-state index in [0.717, 1.165) is 0 Å². The Morgan fingerprint density at radius 2 is 1.52 bits per heavy atom. The van der Waals surface area contributed by atoms with Gasteiger partial charge in [0.05, 0.1) is 67.0 Å². The number of likely N-dealkylation sites (N-methyl/N-ethyl adjacent to an activating group) is 1. The minimum atomic E-state index is -2.06. The second kappa shape index (κ2) is 23.6. The second-order valence-electron chi connectivity index (χ2n) is 19.4. The van der Waals surface area contributed by atoms with Gasteiger partial charge in [0.2, 0.25) is 0 Å². The summed E-state index contributed by atoms with van der Waals surface area (Å²) in [5.74, 6) is -7.14. The van der Waals surface area contributed by atoms with Crippen molar-refractivity contribution in [3.8, 4) is 0 Å². The lowest BCUT2D eigenvalue weighted by Crippen LogP contribution is -2.61. The number of Topliss-reactive ketones (excluding diaryl/α,β-unsaturated/α-hetero) is 1. The van der Waals surface area contributed by atoms with E-state index in [1.54, 1.807) is 55.6 Å². The van der Waals surface area contributed by atoms with E-state index in [1.807, 2.05) is 18.7 Å². The molecule has 0 saturated carbocycles. The molecule has 3 saturated heterocycles. The molecule has 0 amide bonds. The van der Waals surface area contributed by atoms with Crippen molar-refractivity contribution in [2.24, 2.45) is 29.1 Å². The number of nitrogens with zero attached hydrogens (tertiary/aromatic N) is 1. The molecule has 0 aromatic heterocycles. The first kappa shape index (κ1) is 56.7. The van der Waals surface area contributed by atoms with Gasteiger partial charge in [0, 0.05) is 29.6 Å². The fraction of sp³-hybridized carbons (Fsp3) is 0.889. The van der Waals surface area contributed by atoms with Gasteiger partial charge in [-0.25, -0.2) is 4.79 Å². The highest BCUT2D eigenvalue weighted by atomic mass is 32.1. The lowest BCUT2D eigenvalue weighted by atomic mass is 9.73. The van der Waals surface area contributed by atoms with Crippen LogP contribution >= 0.6 is 12.6 Å². The van der Waals surface area contributed by atoms with Crippen LogP contribution in [0.3, 0.4) is 0 Å². The molecule has 19 atom stereocenters. The van der Waals surface area contributed by atoms with Gasteiger partial charge in [-0.15, -0.1) is 12.6 Å². The van der Waals surface area contributed by atoms with Crippen LogP contribution in [-0.4, -0.2) is 165 Å². The van der Waals surface area contributed by atoms with Crippen molar-refractivity contribution >= 4 is 42.5 Å². The number of aliphatic hydroxyl groups is 4. The topological polar surface area (TPSA) is 264 Å². The predicted molar refractivity (Wildman–Crippen MR) is 235 cm³/mol. The van der Waals surface area contributed by atoms with E-state index < -0.39 is 162 Å². The number of aliphatic hydroxyl groups excluding tert-OH is 2. The van der Waals surface area contributed by atoms with Crippen LogP contribution in [0.15, 0.2) is 0 Å². The number of carbonyl (C=O) groups is 5. The molecule has 5 N–H and O–H groups in total. The molecule has 3 fully saturated rings. The van der Waals surface area contributed by atoms with Crippen LogP contribution in [0.1, 0.15) is 121 Å². The Hall–Kier alpha value is -2.66. The Kier molecular flexibility index (Phi) is 20.5. The van der Waals surface area contributed by atoms with Crippen molar-refractivity contribution < 1.29 is 87.4 Å². The number of carbonyl (C=O) groups excluding carboxylic acids is 4. The quantitative estimate of drug-likeness (QED) is 0.0629. The van der Waals surface area contributed by atoms with Crippen molar-refractivity contribution in [3.05, 3.63) is 0 Å². The summed E-state index contributed by atoms with van der Waals surface area (Å²) < 4.78 is 47.7. The third-order valence-electron chi connectivity index (χ3n) is 13.7. The van der Waals surface area contributed by atoms with Crippen LogP contribution in [0.5, 0.6) is 0 Å².